The van der Waals surface area contributed by atoms with Crippen molar-refractivity contribution in [1.29, 1.82) is 0 Å². The second-order valence-corrected chi connectivity index (χ2v) is 11.3. The van der Waals surface area contributed by atoms with Crippen LogP contribution in [0, 0.1) is 0 Å². The van der Waals surface area contributed by atoms with Gasteiger partial charge in [-0.15, -0.1) is 18.3 Å². The average molecular weight is 582 g/mol. The predicted molar refractivity (Wildman–Crippen MR) is 136 cm³/mol. The molecular formula is C24H26F3N7O5S. The number of nitrogens with one attached hydrogen (secondary N) is 1. The molecule has 16 heteroatoms. The molecule has 1 N–H and O–H groups in total. The highest BCUT2D eigenvalue weighted by atomic mass is 32.2. The minimum Gasteiger partial charge on any atom is -0.406 e. The molecule has 12 nitrogen and oxygen atoms in total. The lowest BCUT2D eigenvalue weighted by molar-refractivity contribution is -0.274. The van der Waals surface area contributed by atoms with Crippen molar-refractivity contribution in [2.45, 2.75) is 30.6 Å². The molecule has 214 valence electrons. The number of halogens is 3. The number of alkyl halides is 3. The van der Waals surface area contributed by atoms with Gasteiger partial charge >= 0.3 is 6.36 Å². The predicted octanol–water partition coefficient (Wildman–Crippen LogP) is 2.20. The van der Waals surface area contributed by atoms with E-state index in [2.05, 4.69) is 25.1 Å². The Morgan fingerprint density at radius 1 is 1.10 bits per heavy atom. The van der Waals surface area contributed by atoms with Crippen LogP contribution in [0.25, 0.3) is 5.82 Å². The molecule has 0 atom stereocenters. The van der Waals surface area contributed by atoms with Gasteiger partial charge in [0.25, 0.3) is 11.8 Å². The number of anilines is 1. The number of hydrogen-bond acceptors (Lipinski definition) is 9. The summed E-state index contributed by atoms with van der Waals surface area (Å²) in [4.78, 5) is 37.1. The van der Waals surface area contributed by atoms with E-state index in [-0.39, 0.29) is 29.8 Å². The molecule has 2 aromatic heterocycles. The number of amides is 2. The van der Waals surface area contributed by atoms with Crippen molar-refractivity contribution in [2.75, 3.05) is 38.3 Å². The molecule has 0 unspecified atom stereocenters. The smallest absolute Gasteiger partial charge is 0.406 e. The number of aromatic nitrogens is 4. The molecule has 1 aliphatic heterocycles. The molecule has 0 aliphatic carbocycles. The highest BCUT2D eigenvalue weighted by molar-refractivity contribution is 7.90. The largest absolute Gasteiger partial charge is 0.573 e. The van der Waals surface area contributed by atoms with Gasteiger partial charge in [0, 0.05) is 45.2 Å². The summed E-state index contributed by atoms with van der Waals surface area (Å²) in [6, 6.07) is 5.61. The summed E-state index contributed by atoms with van der Waals surface area (Å²) < 4.78 is 67.5. The van der Waals surface area contributed by atoms with Crippen LogP contribution in [-0.4, -0.2) is 84.7 Å². The zero-order valence-electron chi connectivity index (χ0n) is 21.8. The summed E-state index contributed by atoms with van der Waals surface area (Å²) in [6.45, 7) is 1.14. The fourth-order valence-electron chi connectivity index (χ4n) is 3.93. The third-order valence-corrected chi connectivity index (χ3v) is 6.97. The van der Waals surface area contributed by atoms with Crippen LogP contribution in [0.3, 0.4) is 0 Å². The number of benzene rings is 1. The number of likely N-dealkylation sites (tertiary alicyclic amines) is 1. The third kappa shape index (κ3) is 6.86. The molecule has 0 radical (unpaired) electrons. The van der Waals surface area contributed by atoms with Crippen molar-refractivity contribution in [2.24, 2.45) is 0 Å². The average Bonchev–Trinajstić information content (AvgIpc) is 3.56. The van der Waals surface area contributed by atoms with E-state index < -0.39 is 32.8 Å². The minimum atomic E-state index is -5.09. The number of rotatable bonds is 8. The van der Waals surface area contributed by atoms with E-state index in [1.165, 1.54) is 10.9 Å². The molecule has 3 heterocycles. The highest BCUT2D eigenvalue weighted by Crippen LogP contribution is 2.27. The summed E-state index contributed by atoms with van der Waals surface area (Å²) in [5.41, 5.74) is 0.0417. The van der Waals surface area contributed by atoms with E-state index >= 15 is 0 Å². The maximum absolute atomic E-state index is 12.9. The quantitative estimate of drug-likeness (QED) is 0.424. The van der Waals surface area contributed by atoms with Crippen molar-refractivity contribution >= 4 is 27.6 Å². The van der Waals surface area contributed by atoms with Crippen LogP contribution in [0.5, 0.6) is 5.75 Å². The molecule has 2 amide bonds. The molecular weight excluding hydrogens is 555 g/mol. The van der Waals surface area contributed by atoms with Crippen LogP contribution < -0.4 is 15.0 Å². The van der Waals surface area contributed by atoms with Crippen molar-refractivity contribution < 1.29 is 35.9 Å². The van der Waals surface area contributed by atoms with E-state index in [1.807, 2.05) is 0 Å². The molecule has 0 bridgehead atoms. The summed E-state index contributed by atoms with van der Waals surface area (Å²) in [7, 11) is -0.562. The van der Waals surface area contributed by atoms with Gasteiger partial charge in [-0.1, -0.05) is 0 Å². The van der Waals surface area contributed by atoms with E-state index in [1.54, 1.807) is 36.0 Å². The summed E-state index contributed by atoms with van der Waals surface area (Å²) in [6.07, 6.45) is -0.968. The zero-order chi connectivity index (χ0) is 29.2. The summed E-state index contributed by atoms with van der Waals surface area (Å²) in [5.74, 6) is -1.05. The van der Waals surface area contributed by atoms with Gasteiger partial charge in [-0.3, -0.25) is 9.59 Å². The number of sulfone groups is 1. The Kier molecular flexibility index (Phi) is 8.00. The number of carbonyl (C=O) groups is 2. The highest BCUT2D eigenvalue weighted by Gasteiger charge is 2.32. The standard InChI is InChI=1S/C24H26F3N7O5S/c1-32(2)23-30-20(34(31-23)19-7-6-15(13-28-19)22(36)33-8-4-5-9-33)14-29-21(35)16-10-17(39-24(25,26)27)12-18(11-16)40(3,37)38/h6-7,10-13H,4-5,8-9,14H2,1-3H3,(H,29,35). The van der Waals surface area contributed by atoms with Crippen LogP contribution >= 0.6 is 0 Å². The Hall–Kier alpha value is -4.21. The Morgan fingerprint density at radius 3 is 2.38 bits per heavy atom. The minimum absolute atomic E-state index is 0.123. The molecule has 0 spiro atoms. The first-order valence-corrected chi connectivity index (χ1v) is 13.9. The number of ether oxygens (including phenoxy) is 1. The molecule has 1 aliphatic rings. The summed E-state index contributed by atoms with van der Waals surface area (Å²) >= 11 is 0. The maximum Gasteiger partial charge on any atom is 0.573 e. The summed E-state index contributed by atoms with van der Waals surface area (Å²) in [5, 5.41) is 6.89. The van der Waals surface area contributed by atoms with Crippen molar-refractivity contribution in [3.8, 4) is 11.6 Å². The molecule has 1 fully saturated rings. The maximum atomic E-state index is 12.9. The second kappa shape index (κ2) is 11.1. The molecule has 1 aromatic carbocycles. The molecule has 1 saturated heterocycles. The van der Waals surface area contributed by atoms with Crippen molar-refractivity contribution in [1.82, 2.24) is 30.0 Å². The van der Waals surface area contributed by atoms with Gasteiger partial charge in [0.2, 0.25) is 5.95 Å². The number of hydrogen-bond donors (Lipinski definition) is 1. The fourth-order valence-corrected chi connectivity index (χ4v) is 4.60. The van der Waals surface area contributed by atoms with E-state index in [0.29, 0.717) is 30.5 Å². The van der Waals surface area contributed by atoms with Crippen molar-refractivity contribution in [3.63, 3.8) is 0 Å². The van der Waals surface area contributed by atoms with Gasteiger partial charge in [0.05, 0.1) is 17.0 Å². The molecule has 40 heavy (non-hydrogen) atoms. The van der Waals surface area contributed by atoms with Crippen LogP contribution in [0.15, 0.2) is 41.4 Å². The third-order valence-electron chi connectivity index (χ3n) is 5.88. The molecule has 0 saturated carbocycles. The first-order valence-electron chi connectivity index (χ1n) is 12.0. The monoisotopic (exact) mass is 581 g/mol. The lowest BCUT2D eigenvalue weighted by Crippen LogP contribution is -2.27. The number of pyridine rings is 1. The van der Waals surface area contributed by atoms with Gasteiger partial charge in [-0.05, 0) is 43.2 Å². The second-order valence-electron chi connectivity index (χ2n) is 9.23. The lowest BCUT2D eigenvalue weighted by atomic mass is 10.2. The lowest BCUT2D eigenvalue weighted by Gasteiger charge is -2.15. The van der Waals surface area contributed by atoms with Crippen LogP contribution in [0.2, 0.25) is 0 Å². The van der Waals surface area contributed by atoms with Crippen LogP contribution in [0.1, 0.15) is 39.4 Å². The Morgan fingerprint density at radius 2 is 1.80 bits per heavy atom. The van der Waals surface area contributed by atoms with Gasteiger partial charge in [0.15, 0.2) is 21.5 Å². The Balaban J connectivity index is 1.58. The Labute approximate surface area is 227 Å². The Bertz CT molecular complexity index is 1520. The molecule has 3 aromatic rings. The van der Waals surface area contributed by atoms with E-state index in [4.69, 9.17) is 0 Å². The SMILES string of the molecule is CN(C)c1nc(CNC(=O)c2cc(OC(F)(F)F)cc(S(C)(=O)=O)c2)n(-c2ccc(C(=O)N3CCCC3)cn2)n1. The normalized spacial score (nSPS) is 13.8. The first kappa shape index (κ1) is 28.8. The van der Waals surface area contributed by atoms with E-state index in [0.717, 1.165) is 31.2 Å². The van der Waals surface area contributed by atoms with Crippen molar-refractivity contribution in [3.05, 3.63) is 53.5 Å². The number of carbonyl (C=O) groups excluding carboxylic acids is 2. The van der Waals surface area contributed by atoms with Crippen LogP contribution in [-0.2, 0) is 16.4 Å². The van der Waals surface area contributed by atoms with Crippen LogP contribution in [0.4, 0.5) is 19.1 Å². The van der Waals surface area contributed by atoms with Gasteiger partial charge in [-0.2, -0.15) is 9.67 Å². The first-order chi connectivity index (χ1) is 18.7. The van der Waals surface area contributed by atoms with E-state index in [9.17, 15) is 31.2 Å². The topological polar surface area (TPSA) is 140 Å². The molecule has 4 rings (SSSR count). The fraction of sp³-hybridized carbons (Fsp3) is 0.375. The number of nitrogens with zero attached hydrogens (tertiary/aromatic N) is 6. The van der Waals surface area contributed by atoms with Gasteiger partial charge < -0.3 is 19.9 Å². The van der Waals surface area contributed by atoms with Gasteiger partial charge in [0.1, 0.15) is 5.75 Å². The zero-order valence-corrected chi connectivity index (χ0v) is 22.6. The van der Waals surface area contributed by atoms with Gasteiger partial charge in [-0.25, -0.2) is 13.4 Å².